The van der Waals surface area contributed by atoms with Crippen LogP contribution < -0.4 is 5.32 Å². The number of nitro groups is 1. The SMILES string of the molecule is COC(C)(C)CC(C)NCc1ccccc1[N+](=O)[O-]. The molecule has 0 heterocycles. The highest BCUT2D eigenvalue weighted by molar-refractivity contribution is 5.39. The van der Waals surface area contributed by atoms with Gasteiger partial charge in [-0.2, -0.15) is 0 Å². The summed E-state index contributed by atoms with van der Waals surface area (Å²) in [6, 6.07) is 7.02. The van der Waals surface area contributed by atoms with E-state index in [1.54, 1.807) is 19.2 Å². The van der Waals surface area contributed by atoms with Crippen molar-refractivity contribution in [3.8, 4) is 0 Å². The van der Waals surface area contributed by atoms with E-state index in [1.165, 1.54) is 6.07 Å². The molecule has 0 aliphatic rings. The Kier molecular flexibility index (Phi) is 5.44. The van der Waals surface area contributed by atoms with Crippen LogP contribution in [0.1, 0.15) is 32.8 Å². The van der Waals surface area contributed by atoms with E-state index in [4.69, 9.17) is 4.74 Å². The Morgan fingerprint density at radius 2 is 2.05 bits per heavy atom. The number of hydrogen-bond donors (Lipinski definition) is 1. The summed E-state index contributed by atoms with van der Waals surface area (Å²) in [4.78, 5) is 10.6. The van der Waals surface area contributed by atoms with Crippen LogP contribution in [0.15, 0.2) is 24.3 Å². The second-order valence-corrected chi connectivity index (χ2v) is 5.34. The van der Waals surface area contributed by atoms with E-state index in [2.05, 4.69) is 12.2 Å². The lowest BCUT2D eigenvalue weighted by Gasteiger charge is -2.27. The molecule has 0 amide bonds. The summed E-state index contributed by atoms with van der Waals surface area (Å²) in [6.07, 6.45) is 0.837. The van der Waals surface area contributed by atoms with Gasteiger partial charge in [0.15, 0.2) is 0 Å². The Morgan fingerprint density at radius 1 is 1.42 bits per heavy atom. The maximum absolute atomic E-state index is 10.9. The minimum Gasteiger partial charge on any atom is -0.379 e. The van der Waals surface area contributed by atoms with Crippen molar-refractivity contribution in [2.75, 3.05) is 7.11 Å². The first kappa shape index (κ1) is 15.6. The number of methoxy groups -OCH3 is 1. The molecule has 0 radical (unpaired) electrons. The van der Waals surface area contributed by atoms with Crippen LogP contribution >= 0.6 is 0 Å². The Labute approximate surface area is 114 Å². The lowest BCUT2D eigenvalue weighted by Crippen LogP contribution is -2.35. The molecule has 5 nitrogen and oxygen atoms in total. The van der Waals surface area contributed by atoms with Gasteiger partial charge < -0.3 is 10.1 Å². The third-order valence-corrected chi connectivity index (χ3v) is 3.18. The van der Waals surface area contributed by atoms with Gasteiger partial charge in [0.05, 0.1) is 10.5 Å². The van der Waals surface area contributed by atoms with E-state index < -0.39 is 0 Å². The Bertz CT molecular complexity index is 432. The second-order valence-electron chi connectivity index (χ2n) is 5.34. The molecular formula is C14H22N2O3. The number of nitrogens with zero attached hydrogens (tertiary/aromatic N) is 1. The van der Waals surface area contributed by atoms with Gasteiger partial charge in [0.1, 0.15) is 0 Å². The van der Waals surface area contributed by atoms with Gasteiger partial charge in [0, 0.05) is 31.3 Å². The summed E-state index contributed by atoms with van der Waals surface area (Å²) >= 11 is 0. The Hall–Kier alpha value is -1.46. The Balaban J connectivity index is 2.60. The molecule has 1 rings (SSSR count). The van der Waals surface area contributed by atoms with Gasteiger partial charge in [-0.05, 0) is 27.2 Å². The fourth-order valence-corrected chi connectivity index (χ4v) is 2.02. The summed E-state index contributed by atoms with van der Waals surface area (Å²) in [5, 5.41) is 14.2. The lowest BCUT2D eigenvalue weighted by atomic mass is 9.99. The fraction of sp³-hybridized carbons (Fsp3) is 0.571. The van der Waals surface area contributed by atoms with Crippen LogP contribution in [0.5, 0.6) is 0 Å². The first-order valence-corrected chi connectivity index (χ1v) is 6.36. The molecule has 1 aromatic carbocycles. The van der Waals surface area contributed by atoms with E-state index in [1.807, 2.05) is 19.9 Å². The van der Waals surface area contributed by atoms with Crippen molar-refractivity contribution in [3.05, 3.63) is 39.9 Å². The lowest BCUT2D eigenvalue weighted by molar-refractivity contribution is -0.385. The number of hydrogen-bond acceptors (Lipinski definition) is 4. The number of para-hydroxylation sites is 1. The molecule has 0 aromatic heterocycles. The largest absolute Gasteiger partial charge is 0.379 e. The monoisotopic (exact) mass is 266 g/mol. The summed E-state index contributed by atoms with van der Waals surface area (Å²) in [5.41, 5.74) is 0.664. The molecule has 1 aromatic rings. The molecule has 1 atom stereocenters. The second kappa shape index (κ2) is 6.63. The first-order valence-electron chi connectivity index (χ1n) is 6.36. The Morgan fingerprint density at radius 3 is 2.63 bits per heavy atom. The predicted molar refractivity (Wildman–Crippen MR) is 75.1 cm³/mol. The number of nitrogens with one attached hydrogen (secondary N) is 1. The highest BCUT2D eigenvalue weighted by atomic mass is 16.6. The van der Waals surface area contributed by atoms with E-state index >= 15 is 0 Å². The van der Waals surface area contributed by atoms with Gasteiger partial charge in [-0.1, -0.05) is 18.2 Å². The van der Waals surface area contributed by atoms with Gasteiger partial charge in [-0.25, -0.2) is 0 Å². The van der Waals surface area contributed by atoms with Crippen LogP contribution in [0.2, 0.25) is 0 Å². The zero-order valence-corrected chi connectivity index (χ0v) is 12.0. The molecular weight excluding hydrogens is 244 g/mol. The third kappa shape index (κ3) is 4.96. The fourth-order valence-electron chi connectivity index (χ4n) is 2.02. The van der Waals surface area contributed by atoms with Crippen LogP contribution in [-0.4, -0.2) is 23.7 Å². The van der Waals surface area contributed by atoms with E-state index in [-0.39, 0.29) is 22.3 Å². The summed E-state index contributed by atoms with van der Waals surface area (Å²) in [6.45, 7) is 6.58. The van der Waals surface area contributed by atoms with Crippen molar-refractivity contribution in [2.24, 2.45) is 0 Å². The topological polar surface area (TPSA) is 64.4 Å². The van der Waals surface area contributed by atoms with Gasteiger partial charge in [-0.3, -0.25) is 10.1 Å². The van der Waals surface area contributed by atoms with Crippen molar-refractivity contribution in [2.45, 2.75) is 45.4 Å². The van der Waals surface area contributed by atoms with Gasteiger partial charge in [-0.15, -0.1) is 0 Å². The van der Waals surface area contributed by atoms with Crippen LogP contribution in [0.3, 0.4) is 0 Å². The summed E-state index contributed by atoms with van der Waals surface area (Å²) < 4.78 is 5.37. The normalized spacial score (nSPS) is 13.3. The summed E-state index contributed by atoms with van der Waals surface area (Å²) in [5.74, 6) is 0. The van der Waals surface area contributed by atoms with Crippen molar-refractivity contribution >= 4 is 5.69 Å². The maximum atomic E-state index is 10.9. The van der Waals surface area contributed by atoms with Crippen LogP contribution in [0.25, 0.3) is 0 Å². The minimum atomic E-state index is -0.346. The average molecular weight is 266 g/mol. The molecule has 0 aliphatic carbocycles. The molecule has 5 heteroatoms. The molecule has 1 N–H and O–H groups in total. The molecule has 19 heavy (non-hydrogen) atoms. The van der Waals surface area contributed by atoms with E-state index in [0.29, 0.717) is 12.1 Å². The van der Waals surface area contributed by atoms with Crippen molar-refractivity contribution in [3.63, 3.8) is 0 Å². The van der Waals surface area contributed by atoms with Crippen LogP contribution in [-0.2, 0) is 11.3 Å². The smallest absolute Gasteiger partial charge is 0.273 e. The predicted octanol–water partition coefficient (Wildman–Crippen LogP) is 2.89. The number of ether oxygens (including phenoxy) is 1. The highest BCUT2D eigenvalue weighted by Gasteiger charge is 2.20. The molecule has 1 unspecified atom stereocenters. The molecule has 0 saturated carbocycles. The molecule has 106 valence electrons. The van der Waals surface area contributed by atoms with Crippen LogP contribution in [0.4, 0.5) is 5.69 Å². The number of rotatable bonds is 7. The minimum absolute atomic E-state index is 0.160. The standard InChI is InChI=1S/C14H22N2O3/c1-11(9-14(2,3)19-4)15-10-12-7-5-6-8-13(12)16(17)18/h5-8,11,15H,9-10H2,1-4H3. The maximum Gasteiger partial charge on any atom is 0.273 e. The number of nitro benzene ring substituents is 1. The zero-order valence-electron chi connectivity index (χ0n) is 12.0. The molecule has 0 bridgehead atoms. The quantitative estimate of drug-likeness (QED) is 0.609. The summed E-state index contributed by atoms with van der Waals surface area (Å²) in [7, 11) is 1.69. The zero-order chi connectivity index (χ0) is 14.5. The molecule has 0 saturated heterocycles. The molecule has 0 aliphatic heterocycles. The van der Waals surface area contributed by atoms with Gasteiger partial charge in [0.25, 0.3) is 5.69 Å². The van der Waals surface area contributed by atoms with Gasteiger partial charge >= 0.3 is 0 Å². The third-order valence-electron chi connectivity index (χ3n) is 3.18. The highest BCUT2D eigenvalue weighted by Crippen LogP contribution is 2.19. The van der Waals surface area contributed by atoms with Crippen LogP contribution in [0, 0.1) is 10.1 Å². The van der Waals surface area contributed by atoms with Crippen molar-refractivity contribution in [1.82, 2.24) is 5.32 Å². The van der Waals surface area contributed by atoms with Crippen molar-refractivity contribution in [1.29, 1.82) is 0 Å². The van der Waals surface area contributed by atoms with E-state index in [0.717, 1.165) is 6.42 Å². The van der Waals surface area contributed by atoms with E-state index in [9.17, 15) is 10.1 Å². The average Bonchev–Trinajstić information content (AvgIpc) is 2.36. The molecule has 0 fully saturated rings. The molecule has 0 spiro atoms. The van der Waals surface area contributed by atoms with Gasteiger partial charge in [0.2, 0.25) is 0 Å². The number of benzene rings is 1. The first-order chi connectivity index (χ1) is 8.85. The van der Waals surface area contributed by atoms with Crippen molar-refractivity contribution < 1.29 is 9.66 Å².